The number of rotatable bonds is 4. The van der Waals surface area contributed by atoms with E-state index in [9.17, 15) is 4.79 Å². The fourth-order valence-corrected chi connectivity index (χ4v) is 2.45. The van der Waals surface area contributed by atoms with Crippen molar-refractivity contribution in [3.8, 4) is 0 Å². The Labute approximate surface area is 116 Å². The minimum absolute atomic E-state index is 0.128. The van der Waals surface area contributed by atoms with E-state index in [-0.39, 0.29) is 5.91 Å². The summed E-state index contributed by atoms with van der Waals surface area (Å²) in [5.74, 6) is -0.128. The molecule has 0 fully saturated rings. The largest absolute Gasteiger partial charge is 0.385 e. The van der Waals surface area contributed by atoms with Gasteiger partial charge in [0.2, 0.25) is 0 Å². The number of carbonyl (C=O) groups is 1. The Kier molecular flexibility index (Phi) is 4.16. The number of amides is 1. The molecule has 2 aromatic rings. The Balaban J connectivity index is 2.07. The number of hydrogen-bond donors (Lipinski definition) is 2. The van der Waals surface area contributed by atoms with Gasteiger partial charge in [-0.15, -0.1) is 11.3 Å². The van der Waals surface area contributed by atoms with E-state index in [1.54, 1.807) is 12.1 Å². The van der Waals surface area contributed by atoms with Gasteiger partial charge in [-0.25, -0.2) is 4.98 Å². The normalized spacial score (nSPS) is 10.3. The van der Waals surface area contributed by atoms with Crippen LogP contribution in [0.3, 0.4) is 0 Å². The monoisotopic (exact) mass is 275 g/mol. The quantitative estimate of drug-likeness (QED) is 0.898. The molecule has 0 atom stereocenters. The lowest BCUT2D eigenvalue weighted by atomic mass is 10.2. The van der Waals surface area contributed by atoms with Gasteiger partial charge in [-0.3, -0.25) is 10.1 Å². The Hall–Kier alpha value is -1.88. The predicted molar refractivity (Wildman–Crippen MR) is 80.1 cm³/mol. The zero-order valence-corrected chi connectivity index (χ0v) is 12.1. The van der Waals surface area contributed by atoms with Crippen LogP contribution in [0.4, 0.5) is 10.8 Å². The third kappa shape index (κ3) is 3.32. The summed E-state index contributed by atoms with van der Waals surface area (Å²) < 4.78 is 0. The number of benzene rings is 1. The summed E-state index contributed by atoms with van der Waals surface area (Å²) in [5, 5.41) is 6.66. The van der Waals surface area contributed by atoms with Crippen molar-refractivity contribution in [3.63, 3.8) is 0 Å². The average Bonchev–Trinajstić information content (AvgIpc) is 2.69. The topological polar surface area (TPSA) is 54.0 Å². The number of aromatic nitrogens is 1. The molecule has 0 spiro atoms. The number of nitrogens with one attached hydrogen (secondary N) is 2. The lowest BCUT2D eigenvalue weighted by Crippen LogP contribution is -2.11. The maximum Gasteiger partial charge on any atom is 0.257 e. The predicted octanol–water partition coefficient (Wildman–Crippen LogP) is 3.44. The van der Waals surface area contributed by atoms with Gasteiger partial charge in [0.05, 0.1) is 5.69 Å². The molecule has 5 heteroatoms. The molecule has 0 saturated carbocycles. The van der Waals surface area contributed by atoms with Gasteiger partial charge in [0.15, 0.2) is 5.13 Å². The molecule has 2 rings (SSSR count). The first kappa shape index (κ1) is 13.5. The van der Waals surface area contributed by atoms with Gasteiger partial charge in [-0.1, -0.05) is 0 Å². The van der Waals surface area contributed by atoms with E-state index in [2.05, 4.69) is 15.6 Å². The van der Waals surface area contributed by atoms with Crippen molar-refractivity contribution in [1.82, 2.24) is 4.98 Å². The Morgan fingerprint density at radius 3 is 2.47 bits per heavy atom. The summed E-state index contributed by atoms with van der Waals surface area (Å²) in [5.41, 5.74) is 2.61. The zero-order chi connectivity index (χ0) is 13.8. The second kappa shape index (κ2) is 5.84. The van der Waals surface area contributed by atoms with Gasteiger partial charge in [0, 0.05) is 22.7 Å². The molecule has 2 N–H and O–H groups in total. The summed E-state index contributed by atoms with van der Waals surface area (Å²) >= 11 is 1.49. The first-order valence-electron chi connectivity index (χ1n) is 6.19. The van der Waals surface area contributed by atoms with Crippen molar-refractivity contribution in [2.45, 2.75) is 20.8 Å². The van der Waals surface area contributed by atoms with E-state index < -0.39 is 0 Å². The number of anilines is 2. The minimum Gasteiger partial charge on any atom is -0.385 e. The molecule has 0 aliphatic carbocycles. The van der Waals surface area contributed by atoms with E-state index >= 15 is 0 Å². The molecule has 0 aliphatic rings. The second-order valence-electron chi connectivity index (χ2n) is 4.22. The summed E-state index contributed by atoms with van der Waals surface area (Å²) in [4.78, 5) is 17.5. The summed E-state index contributed by atoms with van der Waals surface area (Å²) in [7, 11) is 0. The molecule has 1 amide bonds. The van der Waals surface area contributed by atoms with Gasteiger partial charge < -0.3 is 5.32 Å². The number of carbonyl (C=O) groups excluding carboxylic acids is 1. The highest BCUT2D eigenvalue weighted by molar-refractivity contribution is 7.15. The Morgan fingerprint density at radius 2 is 1.95 bits per heavy atom. The molecule has 0 aliphatic heterocycles. The molecule has 0 unspecified atom stereocenters. The van der Waals surface area contributed by atoms with Crippen LogP contribution < -0.4 is 10.6 Å². The maximum atomic E-state index is 12.0. The highest BCUT2D eigenvalue weighted by atomic mass is 32.1. The molecule has 100 valence electrons. The molecule has 1 aromatic carbocycles. The van der Waals surface area contributed by atoms with E-state index in [0.717, 1.165) is 22.8 Å². The van der Waals surface area contributed by atoms with Crippen LogP contribution in [-0.2, 0) is 0 Å². The van der Waals surface area contributed by atoms with Crippen LogP contribution in [0.2, 0.25) is 0 Å². The van der Waals surface area contributed by atoms with Crippen molar-refractivity contribution in [2.24, 2.45) is 0 Å². The number of thiazole rings is 1. The first-order valence-corrected chi connectivity index (χ1v) is 7.01. The fraction of sp³-hybridized carbons (Fsp3) is 0.286. The molecule has 0 bridgehead atoms. The highest BCUT2D eigenvalue weighted by Crippen LogP contribution is 2.21. The van der Waals surface area contributed by atoms with E-state index in [1.807, 2.05) is 32.9 Å². The summed E-state index contributed by atoms with van der Waals surface area (Å²) in [6.07, 6.45) is 0. The molecule has 1 heterocycles. The standard InChI is InChI=1S/C14H17N3OS/c1-4-15-12-7-5-11(6-8-12)13(18)17-14-16-9(2)10(3)19-14/h5-8,15H,4H2,1-3H3,(H,16,17,18). The van der Waals surface area contributed by atoms with Crippen molar-refractivity contribution in [3.05, 3.63) is 40.4 Å². The third-order valence-corrected chi connectivity index (χ3v) is 3.77. The molecule has 19 heavy (non-hydrogen) atoms. The Morgan fingerprint density at radius 1 is 1.26 bits per heavy atom. The van der Waals surface area contributed by atoms with Gasteiger partial charge in [0.25, 0.3) is 5.91 Å². The lowest BCUT2D eigenvalue weighted by molar-refractivity contribution is 0.102. The van der Waals surface area contributed by atoms with Gasteiger partial charge in [-0.05, 0) is 45.0 Å². The van der Waals surface area contributed by atoms with Crippen LogP contribution in [0.1, 0.15) is 27.9 Å². The van der Waals surface area contributed by atoms with Crippen LogP contribution >= 0.6 is 11.3 Å². The molecule has 0 saturated heterocycles. The van der Waals surface area contributed by atoms with Crippen LogP contribution in [0.15, 0.2) is 24.3 Å². The van der Waals surface area contributed by atoms with Crippen LogP contribution in [0.5, 0.6) is 0 Å². The van der Waals surface area contributed by atoms with Crippen LogP contribution in [0.25, 0.3) is 0 Å². The third-order valence-electron chi connectivity index (χ3n) is 2.78. The molecule has 0 radical (unpaired) electrons. The smallest absolute Gasteiger partial charge is 0.257 e. The van der Waals surface area contributed by atoms with Gasteiger partial charge in [0.1, 0.15) is 0 Å². The highest BCUT2D eigenvalue weighted by Gasteiger charge is 2.09. The Bertz CT molecular complexity index is 555. The van der Waals surface area contributed by atoms with Crippen molar-refractivity contribution in [2.75, 3.05) is 17.2 Å². The number of aryl methyl sites for hydroxylation is 2. The molecular formula is C14H17N3OS. The molecular weight excluding hydrogens is 258 g/mol. The summed E-state index contributed by atoms with van der Waals surface area (Å²) in [6.45, 7) is 6.83. The van der Waals surface area contributed by atoms with E-state index in [4.69, 9.17) is 0 Å². The van der Waals surface area contributed by atoms with Gasteiger partial charge in [-0.2, -0.15) is 0 Å². The fourth-order valence-electron chi connectivity index (χ4n) is 1.64. The summed E-state index contributed by atoms with van der Waals surface area (Å²) in [6, 6.07) is 7.41. The van der Waals surface area contributed by atoms with Gasteiger partial charge >= 0.3 is 0 Å². The minimum atomic E-state index is -0.128. The average molecular weight is 275 g/mol. The van der Waals surface area contributed by atoms with Crippen molar-refractivity contribution in [1.29, 1.82) is 0 Å². The van der Waals surface area contributed by atoms with Crippen molar-refractivity contribution >= 4 is 28.1 Å². The molecule has 4 nitrogen and oxygen atoms in total. The zero-order valence-electron chi connectivity index (χ0n) is 11.3. The number of nitrogens with zero attached hydrogens (tertiary/aromatic N) is 1. The lowest BCUT2D eigenvalue weighted by Gasteiger charge is -2.05. The molecule has 1 aromatic heterocycles. The van der Waals surface area contributed by atoms with Crippen LogP contribution in [0, 0.1) is 13.8 Å². The SMILES string of the molecule is CCNc1ccc(C(=O)Nc2nc(C)c(C)s2)cc1. The first-order chi connectivity index (χ1) is 9.10. The number of hydrogen-bond acceptors (Lipinski definition) is 4. The van der Waals surface area contributed by atoms with Crippen LogP contribution in [-0.4, -0.2) is 17.4 Å². The van der Waals surface area contributed by atoms with E-state index in [1.165, 1.54) is 11.3 Å². The van der Waals surface area contributed by atoms with E-state index in [0.29, 0.717) is 10.7 Å². The second-order valence-corrected chi connectivity index (χ2v) is 5.43. The van der Waals surface area contributed by atoms with Crippen molar-refractivity contribution < 1.29 is 4.79 Å². The maximum absolute atomic E-state index is 12.0.